The second-order valence-electron chi connectivity index (χ2n) is 2.32. The van der Waals surface area contributed by atoms with Crippen molar-refractivity contribution in [1.29, 1.82) is 0 Å². The van der Waals surface area contributed by atoms with Crippen molar-refractivity contribution in [2.75, 3.05) is 14.1 Å². The van der Waals surface area contributed by atoms with Crippen LogP contribution in [0.4, 0.5) is 0 Å². The maximum atomic E-state index is 11.1. The van der Waals surface area contributed by atoms with Crippen molar-refractivity contribution >= 4 is 5.91 Å². The average molecular weight is 154 g/mol. The van der Waals surface area contributed by atoms with Crippen molar-refractivity contribution in [2.45, 2.75) is 0 Å². The van der Waals surface area contributed by atoms with E-state index < -0.39 is 0 Å². The minimum atomic E-state index is -0.163. The monoisotopic (exact) mass is 154 g/mol. The van der Waals surface area contributed by atoms with E-state index >= 15 is 0 Å². The van der Waals surface area contributed by atoms with Crippen LogP contribution >= 0.6 is 0 Å². The molecule has 0 saturated heterocycles. The molecule has 11 heavy (non-hydrogen) atoms. The van der Waals surface area contributed by atoms with Gasteiger partial charge in [0.2, 0.25) is 0 Å². The molecule has 0 spiro atoms. The van der Waals surface area contributed by atoms with Gasteiger partial charge in [-0.25, -0.2) is 5.01 Å². The Labute approximate surface area is 64.4 Å². The summed E-state index contributed by atoms with van der Waals surface area (Å²) in [4.78, 5) is 11.1. The number of carbonyl (C=O) groups is 1. The van der Waals surface area contributed by atoms with Crippen LogP contribution in [0, 0.1) is 0 Å². The molecule has 0 bridgehead atoms. The smallest absolute Gasteiger partial charge is 0.268 e. The lowest BCUT2D eigenvalue weighted by Gasteiger charge is -2.09. The number of hydrazine groups is 1. The topological polar surface area (TPSA) is 61.0 Å². The number of nitrogens with zero attached hydrogens (tertiary/aromatic N) is 2. The van der Waals surface area contributed by atoms with Gasteiger partial charge in [0, 0.05) is 20.3 Å². The van der Waals surface area contributed by atoms with Crippen LogP contribution in [0.5, 0.6) is 0 Å². The Bertz CT molecular complexity index is 229. The molecule has 1 aromatic rings. The zero-order valence-electron chi connectivity index (χ0n) is 6.46. The molecule has 0 aromatic carbocycles. The number of aromatic amines is 1. The van der Waals surface area contributed by atoms with Crippen LogP contribution in [-0.4, -0.2) is 35.2 Å². The quantitative estimate of drug-likeness (QED) is 0.570. The summed E-state index contributed by atoms with van der Waals surface area (Å²) in [5, 5.41) is 7.78. The molecular weight excluding hydrogens is 144 g/mol. The SMILES string of the molecule is CN(C)NC(=O)c1cn[nH]c1. The second kappa shape index (κ2) is 3.16. The van der Waals surface area contributed by atoms with E-state index in [9.17, 15) is 4.79 Å². The highest BCUT2D eigenvalue weighted by Crippen LogP contribution is 1.91. The van der Waals surface area contributed by atoms with Gasteiger partial charge in [-0.15, -0.1) is 0 Å². The van der Waals surface area contributed by atoms with E-state index in [1.807, 2.05) is 0 Å². The van der Waals surface area contributed by atoms with Crippen molar-refractivity contribution < 1.29 is 4.79 Å². The molecule has 0 aliphatic carbocycles. The number of H-pyrrole nitrogens is 1. The molecule has 1 heterocycles. The Morgan fingerprint density at radius 3 is 2.91 bits per heavy atom. The van der Waals surface area contributed by atoms with Crippen LogP contribution in [0.3, 0.4) is 0 Å². The third-order valence-electron chi connectivity index (χ3n) is 1.09. The van der Waals surface area contributed by atoms with Crippen LogP contribution in [-0.2, 0) is 0 Å². The van der Waals surface area contributed by atoms with Crippen molar-refractivity contribution in [3.63, 3.8) is 0 Å². The van der Waals surface area contributed by atoms with Crippen molar-refractivity contribution in [3.8, 4) is 0 Å². The highest BCUT2D eigenvalue weighted by molar-refractivity contribution is 5.93. The summed E-state index contributed by atoms with van der Waals surface area (Å²) >= 11 is 0. The Balaban J connectivity index is 2.57. The fourth-order valence-corrected chi connectivity index (χ4v) is 0.643. The minimum absolute atomic E-state index is 0.163. The highest BCUT2D eigenvalue weighted by Gasteiger charge is 2.05. The number of hydrogen-bond acceptors (Lipinski definition) is 3. The van der Waals surface area contributed by atoms with Gasteiger partial charge in [0.05, 0.1) is 11.8 Å². The molecule has 0 aliphatic heterocycles. The number of carbonyl (C=O) groups excluding carboxylic acids is 1. The molecule has 5 nitrogen and oxygen atoms in total. The molecule has 1 rings (SSSR count). The average Bonchev–Trinajstić information content (AvgIpc) is 2.35. The first-order chi connectivity index (χ1) is 5.20. The zero-order chi connectivity index (χ0) is 8.27. The largest absolute Gasteiger partial charge is 0.285 e. The molecule has 0 unspecified atom stereocenters. The van der Waals surface area contributed by atoms with Gasteiger partial charge in [-0.05, 0) is 0 Å². The lowest BCUT2D eigenvalue weighted by Crippen LogP contribution is -2.35. The predicted molar refractivity (Wildman–Crippen MR) is 39.7 cm³/mol. The number of aromatic nitrogens is 2. The first-order valence-electron chi connectivity index (χ1n) is 3.17. The normalized spacial score (nSPS) is 10.1. The number of amides is 1. The van der Waals surface area contributed by atoms with Gasteiger partial charge in [-0.3, -0.25) is 15.3 Å². The van der Waals surface area contributed by atoms with Gasteiger partial charge in [0.25, 0.3) is 5.91 Å². The molecule has 1 amide bonds. The van der Waals surface area contributed by atoms with E-state index in [-0.39, 0.29) is 5.91 Å². The fourth-order valence-electron chi connectivity index (χ4n) is 0.643. The maximum Gasteiger partial charge on any atom is 0.268 e. The van der Waals surface area contributed by atoms with E-state index in [0.717, 1.165) is 0 Å². The standard InChI is InChI=1S/C6H10N4O/c1-10(2)9-6(11)5-3-7-8-4-5/h3-4H,1-2H3,(H,7,8)(H,9,11). The van der Waals surface area contributed by atoms with Crippen molar-refractivity contribution in [3.05, 3.63) is 18.0 Å². The molecule has 2 N–H and O–H groups in total. The van der Waals surface area contributed by atoms with Crippen molar-refractivity contribution in [2.24, 2.45) is 0 Å². The molecule has 1 aromatic heterocycles. The third kappa shape index (κ3) is 2.05. The van der Waals surface area contributed by atoms with Gasteiger partial charge in [-0.1, -0.05) is 0 Å². The van der Waals surface area contributed by atoms with Crippen LogP contribution in [0.15, 0.2) is 12.4 Å². The zero-order valence-corrected chi connectivity index (χ0v) is 6.46. The molecule has 0 saturated carbocycles. The van der Waals surface area contributed by atoms with E-state index in [0.29, 0.717) is 5.56 Å². The van der Waals surface area contributed by atoms with Gasteiger partial charge < -0.3 is 0 Å². The number of rotatable bonds is 2. The van der Waals surface area contributed by atoms with Crippen LogP contribution in [0.25, 0.3) is 0 Å². The number of hydrogen-bond donors (Lipinski definition) is 2. The Morgan fingerprint density at radius 1 is 1.73 bits per heavy atom. The predicted octanol–water partition coefficient (Wildman–Crippen LogP) is -0.384. The third-order valence-corrected chi connectivity index (χ3v) is 1.09. The van der Waals surface area contributed by atoms with Gasteiger partial charge in [0.1, 0.15) is 0 Å². The Morgan fingerprint density at radius 2 is 2.45 bits per heavy atom. The molecular formula is C6H10N4O. The summed E-state index contributed by atoms with van der Waals surface area (Å²) in [5.74, 6) is -0.163. The van der Waals surface area contributed by atoms with E-state index in [2.05, 4.69) is 15.6 Å². The fraction of sp³-hybridized carbons (Fsp3) is 0.333. The van der Waals surface area contributed by atoms with Crippen LogP contribution < -0.4 is 5.43 Å². The van der Waals surface area contributed by atoms with Gasteiger partial charge in [-0.2, -0.15) is 5.10 Å². The summed E-state index contributed by atoms with van der Waals surface area (Å²) < 4.78 is 0. The molecule has 0 aliphatic rings. The lowest BCUT2D eigenvalue weighted by molar-refractivity contribution is 0.0857. The maximum absolute atomic E-state index is 11.1. The Hall–Kier alpha value is -1.36. The summed E-state index contributed by atoms with van der Waals surface area (Å²) in [6, 6.07) is 0. The van der Waals surface area contributed by atoms with E-state index in [4.69, 9.17) is 0 Å². The van der Waals surface area contributed by atoms with Crippen LogP contribution in [0.2, 0.25) is 0 Å². The first kappa shape index (κ1) is 7.74. The molecule has 60 valence electrons. The second-order valence-corrected chi connectivity index (χ2v) is 2.32. The van der Waals surface area contributed by atoms with Crippen LogP contribution in [0.1, 0.15) is 10.4 Å². The molecule has 5 heteroatoms. The first-order valence-corrected chi connectivity index (χ1v) is 3.17. The minimum Gasteiger partial charge on any atom is -0.285 e. The Kier molecular flexibility index (Phi) is 2.22. The molecule has 0 atom stereocenters. The van der Waals surface area contributed by atoms with Gasteiger partial charge >= 0.3 is 0 Å². The summed E-state index contributed by atoms with van der Waals surface area (Å²) in [6.07, 6.45) is 3.01. The number of nitrogens with one attached hydrogen (secondary N) is 2. The summed E-state index contributed by atoms with van der Waals surface area (Å²) in [7, 11) is 3.50. The summed E-state index contributed by atoms with van der Waals surface area (Å²) in [5.41, 5.74) is 3.11. The molecule has 0 radical (unpaired) electrons. The molecule has 0 fully saturated rings. The van der Waals surface area contributed by atoms with Gasteiger partial charge in [0.15, 0.2) is 0 Å². The lowest BCUT2D eigenvalue weighted by atomic mass is 10.3. The van der Waals surface area contributed by atoms with E-state index in [1.165, 1.54) is 6.20 Å². The van der Waals surface area contributed by atoms with E-state index in [1.54, 1.807) is 25.3 Å². The highest BCUT2D eigenvalue weighted by atomic mass is 16.2. The summed E-state index contributed by atoms with van der Waals surface area (Å²) in [6.45, 7) is 0. The van der Waals surface area contributed by atoms with Crippen molar-refractivity contribution in [1.82, 2.24) is 20.6 Å².